The van der Waals surface area contributed by atoms with E-state index < -0.39 is 0 Å². The molecule has 0 aromatic carbocycles. The summed E-state index contributed by atoms with van der Waals surface area (Å²) in [6.07, 6.45) is 0. The van der Waals surface area contributed by atoms with E-state index in [1.54, 1.807) is 0 Å². The van der Waals surface area contributed by atoms with Crippen LogP contribution < -0.4 is 10.6 Å². The summed E-state index contributed by atoms with van der Waals surface area (Å²) < 4.78 is 5.26. The van der Waals surface area contributed by atoms with Gasteiger partial charge in [0.2, 0.25) is 5.28 Å². The van der Waals surface area contributed by atoms with Crippen molar-refractivity contribution in [1.29, 1.82) is 0 Å². The Balaban J connectivity index is 2.33. The molecule has 2 heterocycles. The van der Waals surface area contributed by atoms with Crippen LogP contribution in [-0.4, -0.2) is 36.3 Å². The van der Waals surface area contributed by atoms with Gasteiger partial charge in [-0.3, -0.25) is 0 Å². The highest BCUT2D eigenvalue weighted by atomic mass is 35.5. The Labute approximate surface area is 93.2 Å². The maximum Gasteiger partial charge on any atom is 0.224 e. The lowest BCUT2D eigenvalue weighted by Gasteiger charge is -2.28. The Kier molecular flexibility index (Phi) is 2.93. The summed E-state index contributed by atoms with van der Waals surface area (Å²) in [6.45, 7) is 4.79. The number of hydrogen-bond donors (Lipinski definition) is 1. The van der Waals surface area contributed by atoms with Gasteiger partial charge in [0.15, 0.2) is 5.82 Å². The van der Waals surface area contributed by atoms with Gasteiger partial charge in [-0.25, -0.2) is 4.98 Å². The molecule has 2 rings (SSSR count). The molecule has 1 aliphatic rings. The number of halogens is 1. The van der Waals surface area contributed by atoms with Crippen LogP contribution in [0.5, 0.6) is 0 Å². The van der Waals surface area contributed by atoms with Gasteiger partial charge in [0.25, 0.3) is 0 Å². The topological polar surface area (TPSA) is 64.3 Å². The fourth-order valence-corrected chi connectivity index (χ4v) is 1.76. The first-order chi connectivity index (χ1) is 7.18. The fourth-order valence-electron chi connectivity index (χ4n) is 1.55. The highest BCUT2D eigenvalue weighted by Gasteiger charge is 2.17. The molecule has 15 heavy (non-hydrogen) atoms. The van der Waals surface area contributed by atoms with E-state index in [1.165, 1.54) is 0 Å². The Bertz CT molecular complexity index is 365. The predicted octanol–water partition coefficient (Wildman–Crippen LogP) is 0.857. The molecule has 1 aromatic heterocycles. The minimum Gasteiger partial charge on any atom is -0.394 e. The number of nitrogens with two attached hydrogens (primary N) is 1. The van der Waals surface area contributed by atoms with Gasteiger partial charge in [0.1, 0.15) is 0 Å². The summed E-state index contributed by atoms with van der Waals surface area (Å²) in [7, 11) is 0. The van der Waals surface area contributed by atoms with Crippen LogP contribution in [0.2, 0.25) is 5.28 Å². The second kappa shape index (κ2) is 4.20. The van der Waals surface area contributed by atoms with Gasteiger partial charge in [-0.1, -0.05) is 0 Å². The second-order valence-corrected chi connectivity index (χ2v) is 3.75. The number of ether oxygens (including phenoxy) is 1. The Morgan fingerprint density at radius 1 is 1.33 bits per heavy atom. The van der Waals surface area contributed by atoms with E-state index in [2.05, 4.69) is 14.9 Å². The minimum atomic E-state index is 0.239. The number of aryl methyl sites for hydroxylation is 1. The third-order valence-electron chi connectivity index (χ3n) is 2.40. The number of nitrogen functional groups attached to an aromatic ring is 1. The molecule has 6 heteroatoms. The van der Waals surface area contributed by atoms with Crippen LogP contribution in [0.4, 0.5) is 11.5 Å². The van der Waals surface area contributed by atoms with Gasteiger partial charge in [0.05, 0.1) is 24.6 Å². The molecule has 1 aromatic rings. The van der Waals surface area contributed by atoms with Crippen LogP contribution in [0.15, 0.2) is 0 Å². The van der Waals surface area contributed by atoms with Crippen molar-refractivity contribution in [3.05, 3.63) is 11.0 Å². The van der Waals surface area contributed by atoms with Crippen LogP contribution >= 0.6 is 11.6 Å². The average molecular weight is 229 g/mol. The van der Waals surface area contributed by atoms with Crippen molar-refractivity contribution < 1.29 is 4.74 Å². The molecule has 5 nitrogen and oxygen atoms in total. The van der Waals surface area contributed by atoms with E-state index >= 15 is 0 Å². The number of hydrogen-bond acceptors (Lipinski definition) is 5. The molecule has 0 spiro atoms. The second-order valence-electron chi connectivity index (χ2n) is 3.41. The zero-order valence-corrected chi connectivity index (χ0v) is 9.29. The lowest BCUT2D eigenvalue weighted by Crippen LogP contribution is -2.37. The van der Waals surface area contributed by atoms with Crippen molar-refractivity contribution in [1.82, 2.24) is 9.97 Å². The normalized spacial score (nSPS) is 16.8. The third-order valence-corrected chi connectivity index (χ3v) is 2.57. The highest BCUT2D eigenvalue weighted by Crippen LogP contribution is 2.25. The van der Waals surface area contributed by atoms with Crippen LogP contribution in [-0.2, 0) is 4.74 Å². The number of aromatic nitrogens is 2. The van der Waals surface area contributed by atoms with Gasteiger partial charge in [-0.05, 0) is 18.5 Å². The van der Waals surface area contributed by atoms with Crippen molar-refractivity contribution in [3.8, 4) is 0 Å². The molecular weight excluding hydrogens is 216 g/mol. The zero-order valence-electron chi connectivity index (χ0n) is 8.53. The Morgan fingerprint density at radius 2 is 2.00 bits per heavy atom. The van der Waals surface area contributed by atoms with E-state index in [9.17, 15) is 0 Å². The summed E-state index contributed by atoms with van der Waals surface area (Å²) in [6, 6.07) is 0. The first-order valence-electron chi connectivity index (χ1n) is 4.81. The average Bonchev–Trinajstić information content (AvgIpc) is 2.24. The number of rotatable bonds is 1. The minimum absolute atomic E-state index is 0.239. The van der Waals surface area contributed by atoms with Crippen LogP contribution in [0, 0.1) is 6.92 Å². The van der Waals surface area contributed by atoms with Gasteiger partial charge in [-0.2, -0.15) is 4.98 Å². The van der Waals surface area contributed by atoms with Crippen LogP contribution in [0.1, 0.15) is 5.69 Å². The number of morpholine rings is 1. The highest BCUT2D eigenvalue weighted by molar-refractivity contribution is 6.28. The number of nitrogens with zero attached hydrogens (tertiary/aromatic N) is 3. The molecule has 0 bridgehead atoms. The largest absolute Gasteiger partial charge is 0.394 e. The number of anilines is 2. The maximum absolute atomic E-state index is 5.92. The summed E-state index contributed by atoms with van der Waals surface area (Å²) in [5.74, 6) is 0.718. The van der Waals surface area contributed by atoms with Crippen molar-refractivity contribution in [2.45, 2.75) is 6.92 Å². The smallest absolute Gasteiger partial charge is 0.224 e. The van der Waals surface area contributed by atoms with E-state index in [0.717, 1.165) is 24.6 Å². The first-order valence-corrected chi connectivity index (χ1v) is 5.18. The zero-order chi connectivity index (χ0) is 10.8. The van der Waals surface area contributed by atoms with Crippen LogP contribution in [0.25, 0.3) is 0 Å². The van der Waals surface area contributed by atoms with E-state index in [0.29, 0.717) is 18.9 Å². The Morgan fingerprint density at radius 3 is 2.67 bits per heavy atom. The summed E-state index contributed by atoms with van der Waals surface area (Å²) in [5.41, 5.74) is 7.23. The molecule has 0 unspecified atom stereocenters. The summed E-state index contributed by atoms with van der Waals surface area (Å²) in [4.78, 5) is 10.2. The Hall–Kier alpha value is -1.07. The molecule has 0 aliphatic carbocycles. The van der Waals surface area contributed by atoms with E-state index in [-0.39, 0.29) is 5.28 Å². The lowest BCUT2D eigenvalue weighted by atomic mass is 10.3. The standard InChI is InChI=1S/C9H13ClN4O/c1-6-7(11)8(13-9(10)12-6)14-2-4-15-5-3-14/h2-5,11H2,1H3. The molecule has 1 aliphatic heterocycles. The quantitative estimate of drug-likeness (QED) is 0.723. The fraction of sp³-hybridized carbons (Fsp3) is 0.556. The molecule has 0 saturated carbocycles. The van der Waals surface area contributed by atoms with Crippen molar-refractivity contribution in [2.75, 3.05) is 36.9 Å². The van der Waals surface area contributed by atoms with Crippen molar-refractivity contribution in [3.63, 3.8) is 0 Å². The molecular formula is C9H13ClN4O. The maximum atomic E-state index is 5.92. The van der Waals surface area contributed by atoms with Gasteiger partial charge < -0.3 is 15.4 Å². The lowest BCUT2D eigenvalue weighted by molar-refractivity contribution is 0.122. The summed E-state index contributed by atoms with van der Waals surface area (Å²) in [5, 5.41) is 0.239. The van der Waals surface area contributed by atoms with Gasteiger partial charge in [0, 0.05) is 13.1 Å². The van der Waals surface area contributed by atoms with Gasteiger partial charge >= 0.3 is 0 Å². The monoisotopic (exact) mass is 228 g/mol. The molecule has 0 amide bonds. The molecule has 0 radical (unpaired) electrons. The SMILES string of the molecule is Cc1nc(Cl)nc(N2CCOCC2)c1N. The predicted molar refractivity (Wildman–Crippen MR) is 59.2 cm³/mol. The first kappa shape index (κ1) is 10.4. The molecule has 82 valence electrons. The van der Waals surface area contributed by atoms with Crippen molar-refractivity contribution in [2.24, 2.45) is 0 Å². The van der Waals surface area contributed by atoms with E-state index in [1.807, 2.05) is 6.92 Å². The third kappa shape index (κ3) is 2.13. The summed E-state index contributed by atoms with van der Waals surface area (Å²) >= 11 is 5.81. The van der Waals surface area contributed by atoms with Crippen molar-refractivity contribution >= 4 is 23.1 Å². The van der Waals surface area contributed by atoms with Gasteiger partial charge in [-0.15, -0.1) is 0 Å². The molecule has 2 N–H and O–H groups in total. The molecule has 1 saturated heterocycles. The van der Waals surface area contributed by atoms with E-state index in [4.69, 9.17) is 22.1 Å². The molecule has 0 atom stereocenters. The molecule has 1 fully saturated rings. The van der Waals surface area contributed by atoms with Crippen LogP contribution in [0.3, 0.4) is 0 Å².